The zero-order valence-electron chi connectivity index (χ0n) is 9.30. The highest BCUT2D eigenvalue weighted by Gasteiger charge is 2.05. The largest absolute Gasteiger partial charge is 0.398 e. The fraction of sp³-hybridized carbons (Fsp3) is 0. The van der Waals surface area contributed by atoms with Crippen molar-refractivity contribution < 1.29 is 0 Å². The van der Waals surface area contributed by atoms with E-state index < -0.39 is 0 Å². The van der Waals surface area contributed by atoms with Crippen molar-refractivity contribution in [3.05, 3.63) is 60.8 Å². The highest BCUT2D eigenvalue weighted by molar-refractivity contribution is 6.00. The normalized spacial score (nSPS) is 10.6. The molecule has 1 heterocycles. The molecule has 0 radical (unpaired) electrons. The van der Waals surface area contributed by atoms with Gasteiger partial charge in [-0.25, -0.2) is 0 Å². The Morgan fingerprint density at radius 1 is 0.765 bits per heavy atom. The predicted molar refractivity (Wildman–Crippen MR) is 71.6 cm³/mol. The average molecular weight is 220 g/mol. The van der Waals surface area contributed by atoms with E-state index >= 15 is 0 Å². The molecule has 0 fully saturated rings. The van der Waals surface area contributed by atoms with Crippen molar-refractivity contribution >= 4 is 16.5 Å². The Bertz CT molecular complexity index is 660. The van der Waals surface area contributed by atoms with Gasteiger partial charge in [0, 0.05) is 28.2 Å². The van der Waals surface area contributed by atoms with Crippen LogP contribution in [0, 0.1) is 0 Å². The van der Waals surface area contributed by atoms with Gasteiger partial charge in [0.1, 0.15) is 0 Å². The van der Waals surface area contributed by atoms with Gasteiger partial charge in [-0.2, -0.15) is 0 Å². The van der Waals surface area contributed by atoms with Gasteiger partial charge >= 0.3 is 0 Å². The lowest BCUT2D eigenvalue weighted by Crippen LogP contribution is -1.90. The molecule has 3 rings (SSSR count). The van der Waals surface area contributed by atoms with Crippen LogP contribution in [0.4, 0.5) is 5.69 Å². The van der Waals surface area contributed by atoms with E-state index in [9.17, 15) is 0 Å². The highest BCUT2D eigenvalue weighted by Crippen LogP contribution is 2.28. The molecule has 2 N–H and O–H groups in total. The summed E-state index contributed by atoms with van der Waals surface area (Å²) < 4.78 is 0. The molecule has 0 aliphatic carbocycles. The highest BCUT2D eigenvalue weighted by atomic mass is 14.7. The Balaban J connectivity index is 2.35. The first-order valence-electron chi connectivity index (χ1n) is 5.55. The van der Waals surface area contributed by atoms with Crippen LogP contribution in [0.2, 0.25) is 0 Å². The van der Waals surface area contributed by atoms with Crippen molar-refractivity contribution in [2.24, 2.45) is 0 Å². The lowest BCUT2D eigenvalue weighted by molar-refractivity contribution is 1.36. The summed E-state index contributed by atoms with van der Waals surface area (Å²) in [5, 5.41) is 2.15. The zero-order chi connectivity index (χ0) is 11.7. The van der Waals surface area contributed by atoms with E-state index in [4.69, 9.17) is 5.73 Å². The van der Waals surface area contributed by atoms with E-state index in [1.165, 1.54) is 0 Å². The molecule has 0 bridgehead atoms. The van der Waals surface area contributed by atoms with Crippen molar-refractivity contribution in [2.75, 3.05) is 5.73 Å². The summed E-state index contributed by atoms with van der Waals surface area (Å²) in [6, 6.07) is 18.0. The van der Waals surface area contributed by atoms with Crippen molar-refractivity contribution in [1.29, 1.82) is 0 Å². The molecule has 0 amide bonds. The smallest absolute Gasteiger partial charge is 0.0781 e. The molecule has 0 saturated carbocycles. The first-order chi connectivity index (χ1) is 8.36. The molecule has 82 valence electrons. The minimum absolute atomic E-state index is 0.794. The molecule has 3 aromatic rings. The molecule has 0 aliphatic rings. The summed E-state index contributed by atoms with van der Waals surface area (Å²) in [6.07, 6.45) is 1.81. The van der Waals surface area contributed by atoms with Crippen molar-refractivity contribution in [3.63, 3.8) is 0 Å². The molecule has 2 heteroatoms. The number of benzene rings is 2. The monoisotopic (exact) mass is 220 g/mol. The summed E-state index contributed by atoms with van der Waals surface area (Å²) in [5.41, 5.74) is 8.87. The third kappa shape index (κ3) is 1.64. The number of hydrogen-bond donors (Lipinski definition) is 1. The fourth-order valence-corrected chi connectivity index (χ4v) is 2.06. The second kappa shape index (κ2) is 3.91. The zero-order valence-corrected chi connectivity index (χ0v) is 9.30. The van der Waals surface area contributed by atoms with Crippen LogP contribution < -0.4 is 5.73 Å². The van der Waals surface area contributed by atoms with Gasteiger partial charge in [0.15, 0.2) is 0 Å². The summed E-state index contributed by atoms with van der Waals surface area (Å²) in [4.78, 5) is 4.46. The van der Waals surface area contributed by atoms with Gasteiger partial charge < -0.3 is 5.73 Å². The number of nitrogens with two attached hydrogens (primary N) is 1. The minimum Gasteiger partial charge on any atom is -0.398 e. The third-order valence-electron chi connectivity index (χ3n) is 2.89. The van der Waals surface area contributed by atoms with E-state index in [0.29, 0.717) is 0 Å². The Kier molecular flexibility index (Phi) is 2.26. The van der Waals surface area contributed by atoms with Crippen LogP contribution in [0.5, 0.6) is 0 Å². The maximum atomic E-state index is 5.98. The van der Waals surface area contributed by atoms with Gasteiger partial charge in [-0.3, -0.25) is 4.98 Å². The molecule has 1 aromatic heterocycles. The first kappa shape index (κ1) is 9.85. The van der Waals surface area contributed by atoms with Gasteiger partial charge in [-0.15, -0.1) is 0 Å². The number of hydrogen-bond acceptors (Lipinski definition) is 2. The van der Waals surface area contributed by atoms with E-state index in [0.717, 1.165) is 27.7 Å². The predicted octanol–water partition coefficient (Wildman–Crippen LogP) is 3.48. The van der Waals surface area contributed by atoms with E-state index in [2.05, 4.69) is 23.2 Å². The minimum atomic E-state index is 0.794. The molecular formula is C15H12N2. The van der Waals surface area contributed by atoms with Crippen LogP contribution in [0.25, 0.3) is 22.0 Å². The van der Waals surface area contributed by atoms with Crippen LogP contribution in [0.1, 0.15) is 0 Å². The van der Waals surface area contributed by atoms with Gasteiger partial charge in [0.2, 0.25) is 0 Å². The second-order valence-electron chi connectivity index (χ2n) is 3.97. The van der Waals surface area contributed by atoms with Crippen molar-refractivity contribution in [2.45, 2.75) is 0 Å². The van der Waals surface area contributed by atoms with Gasteiger partial charge in [-0.05, 0) is 12.1 Å². The Labute approximate surface area is 99.7 Å². The number of rotatable bonds is 1. The maximum absolute atomic E-state index is 5.98. The number of nitrogens with zero attached hydrogens (tertiary/aromatic N) is 1. The maximum Gasteiger partial charge on any atom is 0.0781 e. The number of anilines is 1. The molecular weight excluding hydrogens is 208 g/mol. The summed E-state index contributed by atoms with van der Waals surface area (Å²) >= 11 is 0. The van der Waals surface area contributed by atoms with Gasteiger partial charge in [0.05, 0.1) is 5.69 Å². The standard InChI is InChI=1S/C15H12N2/c16-14-8-4-7-13-12(14)9-10-17-15(13)11-5-2-1-3-6-11/h1-10H,16H2. The molecule has 2 aromatic carbocycles. The quantitative estimate of drug-likeness (QED) is 0.637. The third-order valence-corrected chi connectivity index (χ3v) is 2.89. The van der Waals surface area contributed by atoms with Crippen LogP contribution in [-0.4, -0.2) is 4.98 Å². The molecule has 17 heavy (non-hydrogen) atoms. The van der Waals surface area contributed by atoms with Crippen molar-refractivity contribution in [3.8, 4) is 11.3 Å². The molecule has 0 atom stereocenters. The molecule has 0 aliphatic heterocycles. The molecule has 0 unspecified atom stereocenters. The molecule has 0 saturated heterocycles. The Morgan fingerprint density at radius 3 is 2.41 bits per heavy atom. The van der Waals surface area contributed by atoms with E-state index in [1.54, 1.807) is 6.20 Å². The topological polar surface area (TPSA) is 38.9 Å². The van der Waals surface area contributed by atoms with Gasteiger partial charge in [-0.1, -0.05) is 42.5 Å². The Hall–Kier alpha value is -2.35. The summed E-state index contributed by atoms with van der Waals surface area (Å²) in [5.74, 6) is 0. The van der Waals surface area contributed by atoms with Gasteiger partial charge in [0.25, 0.3) is 0 Å². The SMILES string of the molecule is Nc1cccc2c(-c3ccccc3)nccc12. The Morgan fingerprint density at radius 2 is 1.59 bits per heavy atom. The van der Waals surface area contributed by atoms with Crippen LogP contribution >= 0.6 is 0 Å². The lowest BCUT2D eigenvalue weighted by atomic mass is 10.0. The number of aromatic nitrogens is 1. The average Bonchev–Trinajstić information content (AvgIpc) is 2.40. The lowest BCUT2D eigenvalue weighted by Gasteiger charge is -2.07. The fourth-order valence-electron chi connectivity index (χ4n) is 2.06. The first-order valence-corrected chi connectivity index (χ1v) is 5.55. The number of nitrogen functional groups attached to an aromatic ring is 1. The second-order valence-corrected chi connectivity index (χ2v) is 3.97. The summed E-state index contributed by atoms with van der Waals surface area (Å²) in [7, 11) is 0. The van der Waals surface area contributed by atoms with Crippen LogP contribution in [0.3, 0.4) is 0 Å². The molecule has 2 nitrogen and oxygen atoms in total. The number of fused-ring (bicyclic) bond motifs is 1. The van der Waals surface area contributed by atoms with E-state index in [1.807, 2.05) is 36.4 Å². The molecule has 0 spiro atoms. The van der Waals surface area contributed by atoms with Crippen molar-refractivity contribution in [1.82, 2.24) is 4.98 Å². The number of pyridine rings is 1. The van der Waals surface area contributed by atoms with E-state index in [-0.39, 0.29) is 0 Å². The van der Waals surface area contributed by atoms with Crippen LogP contribution in [-0.2, 0) is 0 Å². The van der Waals surface area contributed by atoms with Crippen LogP contribution in [0.15, 0.2) is 60.8 Å². The summed E-state index contributed by atoms with van der Waals surface area (Å²) in [6.45, 7) is 0.